The molecule has 0 saturated carbocycles. The van der Waals surface area contributed by atoms with Crippen LogP contribution in [0.4, 0.5) is 4.79 Å². The average Bonchev–Trinajstić information content (AvgIpc) is 2.47. The van der Waals surface area contributed by atoms with Crippen LogP contribution >= 0.6 is 11.8 Å². The molecule has 0 aromatic carbocycles. The van der Waals surface area contributed by atoms with E-state index < -0.39 is 0 Å². The molecule has 0 unspecified atom stereocenters. The quantitative estimate of drug-likeness (QED) is 0.756. The maximum atomic E-state index is 10.9. The number of nitrogens with two attached hydrogens (primary N) is 1. The van der Waals surface area contributed by atoms with E-state index in [2.05, 4.69) is 9.98 Å². The number of rotatable bonds is 1. The zero-order valence-corrected chi connectivity index (χ0v) is 7.99. The fraction of sp³-hybridized carbons (Fsp3) is 0. The number of pyridine rings is 1. The van der Waals surface area contributed by atoms with Crippen LogP contribution in [-0.2, 0) is 0 Å². The Morgan fingerprint density at radius 2 is 2.36 bits per heavy atom. The van der Waals surface area contributed by atoms with Crippen LogP contribution in [0.2, 0.25) is 0 Å². The van der Waals surface area contributed by atoms with Crippen molar-refractivity contribution in [2.75, 3.05) is 0 Å². The van der Waals surface area contributed by atoms with E-state index >= 15 is 0 Å². The summed E-state index contributed by atoms with van der Waals surface area (Å²) in [6.45, 7) is 0. The van der Waals surface area contributed by atoms with Gasteiger partial charge in [-0.05, 0) is 29.5 Å². The van der Waals surface area contributed by atoms with E-state index in [1.54, 1.807) is 18.5 Å². The number of hydrogen-bond acceptors (Lipinski definition) is 4. The number of hydrogen-bond donors (Lipinski definition) is 1. The van der Waals surface area contributed by atoms with Gasteiger partial charge in [-0.15, -0.1) is 0 Å². The second-order valence-electron chi connectivity index (χ2n) is 2.66. The highest BCUT2D eigenvalue weighted by molar-refractivity contribution is 8.18. The van der Waals surface area contributed by atoms with E-state index in [1.807, 2.05) is 12.1 Å². The molecule has 0 aliphatic carbocycles. The molecule has 14 heavy (non-hydrogen) atoms. The number of amidine groups is 1. The van der Waals surface area contributed by atoms with Crippen LogP contribution in [0.25, 0.3) is 6.08 Å². The SMILES string of the molecule is NC1=NC(=O)S/C1=C\c1cccnc1. The number of carbonyl (C=O) groups is 1. The van der Waals surface area contributed by atoms with Gasteiger partial charge in [-0.2, -0.15) is 4.99 Å². The lowest BCUT2D eigenvalue weighted by Crippen LogP contribution is -2.08. The second kappa shape index (κ2) is 3.63. The minimum absolute atomic E-state index is 0.266. The summed E-state index contributed by atoms with van der Waals surface area (Å²) in [5.74, 6) is 0.281. The number of amides is 1. The molecule has 0 bridgehead atoms. The van der Waals surface area contributed by atoms with Gasteiger partial charge in [-0.1, -0.05) is 6.07 Å². The Balaban J connectivity index is 2.29. The predicted octanol–water partition coefficient (Wildman–Crippen LogP) is 1.65. The van der Waals surface area contributed by atoms with Crippen LogP contribution in [0.1, 0.15) is 5.56 Å². The molecule has 1 aromatic rings. The summed E-state index contributed by atoms with van der Waals surface area (Å²) >= 11 is 1.03. The summed E-state index contributed by atoms with van der Waals surface area (Å²) < 4.78 is 0. The van der Waals surface area contributed by atoms with Gasteiger partial charge < -0.3 is 5.73 Å². The van der Waals surface area contributed by atoms with Gasteiger partial charge in [0.15, 0.2) is 0 Å². The fourth-order valence-electron chi connectivity index (χ4n) is 1.04. The molecular weight excluding hydrogens is 198 g/mol. The molecule has 1 aromatic heterocycles. The van der Waals surface area contributed by atoms with Crippen molar-refractivity contribution in [1.29, 1.82) is 0 Å². The number of aliphatic imine (C=N–C) groups is 1. The van der Waals surface area contributed by atoms with Crippen LogP contribution in [0.5, 0.6) is 0 Å². The standard InChI is InChI=1S/C9H7N3OS/c10-8-7(14-9(13)12-8)4-6-2-1-3-11-5-6/h1-5H,(H2,10,12,13)/b7-4-. The first kappa shape index (κ1) is 8.96. The van der Waals surface area contributed by atoms with Crippen molar-refractivity contribution >= 4 is 28.9 Å². The Hall–Kier alpha value is -1.62. The summed E-state index contributed by atoms with van der Waals surface area (Å²) in [5.41, 5.74) is 6.44. The Morgan fingerprint density at radius 3 is 2.93 bits per heavy atom. The molecule has 2 rings (SSSR count). The average molecular weight is 205 g/mol. The smallest absolute Gasteiger partial charge is 0.311 e. The van der Waals surface area contributed by atoms with Crippen molar-refractivity contribution in [2.24, 2.45) is 10.7 Å². The van der Waals surface area contributed by atoms with Crippen LogP contribution < -0.4 is 5.73 Å². The molecule has 2 N–H and O–H groups in total. The van der Waals surface area contributed by atoms with Gasteiger partial charge in [0.25, 0.3) is 0 Å². The lowest BCUT2D eigenvalue weighted by molar-refractivity contribution is 0.268. The summed E-state index contributed by atoms with van der Waals surface area (Å²) in [4.78, 5) is 19.1. The highest BCUT2D eigenvalue weighted by atomic mass is 32.2. The topological polar surface area (TPSA) is 68.3 Å². The minimum Gasteiger partial charge on any atom is -0.383 e. The predicted molar refractivity (Wildman–Crippen MR) is 56.8 cm³/mol. The van der Waals surface area contributed by atoms with E-state index in [-0.39, 0.29) is 11.1 Å². The van der Waals surface area contributed by atoms with Gasteiger partial charge >= 0.3 is 5.24 Å². The van der Waals surface area contributed by atoms with Crippen molar-refractivity contribution in [3.63, 3.8) is 0 Å². The Morgan fingerprint density at radius 1 is 1.50 bits per heavy atom. The largest absolute Gasteiger partial charge is 0.383 e. The minimum atomic E-state index is -0.266. The molecule has 1 aliphatic rings. The second-order valence-corrected chi connectivity index (χ2v) is 3.65. The van der Waals surface area contributed by atoms with Crippen LogP contribution in [0, 0.1) is 0 Å². The van der Waals surface area contributed by atoms with Gasteiger partial charge in [0.1, 0.15) is 5.84 Å². The third-order valence-corrected chi connectivity index (χ3v) is 2.46. The van der Waals surface area contributed by atoms with Crippen molar-refractivity contribution < 1.29 is 4.79 Å². The maximum Gasteiger partial charge on any atom is 0.311 e. The van der Waals surface area contributed by atoms with Gasteiger partial charge in [-0.25, -0.2) is 0 Å². The number of thioether (sulfide) groups is 1. The highest BCUT2D eigenvalue weighted by Gasteiger charge is 2.18. The van der Waals surface area contributed by atoms with Crippen molar-refractivity contribution in [3.8, 4) is 0 Å². The molecule has 1 amide bonds. The normalized spacial score (nSPS) is 18.7. The molecule has 70 valence electrons. The summed E-state index contributed by atoms with van der Waals surface area (Å²) in [7, 11) is 0. The zero-order valence-electron chi connectivity index (χ0n) is 7.18. The molecule has 1 aliphatic heterocycles. The lowest BCUT2D eigenvalue weighted by atomic mass is 10.2. The molecule has 0 atom stereocenters. The molecule has 4 nitrogen and oxygen atoms in total. The Labute approximate surface area is 84.9 Å². The van der Waals surface area contributed by atoms with Crippen molar-refractivity contribution in [1.82, 2.24) is 4.98 Å². The summed E-state index contributed by atoms with van der Waals surface area (Å²) in [6, 6.07) is 3.71. The van der Waals surface area contributed by atoms with Crippen molar-refractivity contribution in [2.45, 2.75) is 0 Å². The molecule has 0 fully saturated rings. The third-order valence-electron chi connectivity index (χ3n) is 1.64. The van der Waals surface area contributed by atoms with Crippen LogP contribution in [0.3, 0.4) is 0 Å². The summed E-state index contributed by atoms with van der Waals surface area (Å²) in [5, 5.41) is -0.266. The zero-order chi connectivity index (χ0) is 9.97. The Bertz CT molecular complexity index is 425. The highest BCUT2D eigenvalue weighted by Crippen LogP contribution is 2.26. The van der Waals surface area contributed by atoms with Crippen molar-refractivity contribution in [3.05, 3.63) is 35.0 Å². The van der Waals surface area contributed by atoms with Crippen LogP contribution in [0.15, 0.2) is 34.4 Å². The van der Waals surface area contributed by atoms with E-state index in [4.69, 9.17) is 5.73 Å². The monoisotopic (exact) mass is 205 g/mol. The molecular formula is C9H7N3OS. The number of aromatic nitrogens is 1. The van der Waals surface area contributed by atoms with Crippen LogP contribution in [-0.4, -0.2) is 16.1 Å². The molecule has 0 radical (unpaired) electrons. The summed E-state index contributed by atoms with van der Waals surface area (Å²) in [6.07, 6.45) is 5.18. The van der Waals surface area contributed by atoms with E-state index in [1.165, 1.54) is 0 Å². The molecule has 0 spiro atoms. The fourth-order valence-corrected chi connectivity index (χ4v) is 1.72. The van der Waals surface area contributed by atoms with E-state index in [0.29, 0.717) is 4.91 Å². The van der Waals surface area contributed by atoms with Gasteiger partial charge in [0.2, 0.25) is 0 Å². The van der Waals surface area contributed by atoms with Gasteiger partial charge in [-0.3, -0.25) is 9.78 Å². The molecule has 0 saturated heterocycles. The van der Waals surface area contributed by atoms with E-state index in [9.17, 15) is 4.79 Å². The van der Waals surface area contributed by atoms with Gasteiger partial charge in [0, 0.05) is 12.4 Å². The lowest BCUT2D eigenvalue weighted by Gasteiger charge is -1.95. The first-order valence-electron chi connectivity index (χ1n) is 3.94. The third kappa shape index (κ3) is 1.82. The van der Waals surface area contributed by atoms with E-state index in [0.717, 1.165) is 17.3 Å². The maximum absolute atomic E-state index is 10.9. The first-order valence-corrected chi connectivity index (χ1v) is 4.75. The van der Waals surface area contributed by atoms with Gasteiger partial charge in [0.05, 0.1) is 4.91 Å². The Kier molecular flexibility index (Phi) is 2.32. The number of nitrogens with zero attached hydrogens (tertiary/aromatic N) is 2. The first-order chi connectivity index (χ1) is 6.75. The molecule has 2 heterocycles. The number of carbonyl (C=O) groups excluding carboxylic acids is 1. The molecule has 5 heteroatoms.